The molecule has 0 spiro atoms. The lowest BCUT2D eigenvalue weighted by atomic mass is 9.95. The van der Waals surface area contributed by atoms with E-state index in [1.165, 1.54) is 6.92 Å². The average molecular weight is 604 g/mol. The highest BCUT2D eigenvalue weighted by atomic mass is 35.5. The van der Waals surface area contributed by atoms with Crippen LogP contribution in [0.4, 0.5) is 26.3 Å². The van der Waals surface area contributed by atoms with Crippen LogP contribution in [0.2, 0.25) is 15.1 Å². The summed E-state index contributed by atoms with van der Waals surface area (Å²) in [5.74, 6) is -3.84. The van der Waals surface area contributed by atoms with E-state index in [0.29, 0.717) is 12.1 Å². The number of hydrogen-bond acceptors (Lipinski definition) is 2. The quantitative estimate of drug-likeness (QED) is 0.198. The second kappa shape index (κ2) is 11.8. The Hall–Kier alpha value is -2.43. The van der Waals surface area contributed by atoms with Crippen molar-refractivity contribution in [3.8, 4) is 0 Å². The summed E-state index contributed by atoms with van der Waals surface area (Å²) in [6.07, 6.45) is -9.35. The number of benzene rings is 2. The van der Waals surface area contributed by atoms with Gasteiger partial charge < -0.3 is 10.6 Å². The van der Waals surface area contributed by atoms with E-state index in [4.69, 9.17) is 34.8 Å². The van der Waals surface area contributed by atoms with E-state index in [2.05, 4.69) is 10.6 Å². The Kier molecular flexibility index (Phi) is 9.83. The van der Waals surface area contributed by atoms with Crippen LogP contribution in [0.15, 0.2) is 36.4 Å². The Morgan fingerprint density at radius 3 is 1.92 bits per heavy atom. The number of alkyl halides is 6. The van der Waals surface area contributed by atoms with Gasteiger partial charge in [0.1, 0.15) is 0 Å². The highest BCUT2D eigenvalue weighted by molar-refractivity contribution is 6.48. The number of rotatable bonds is 6. The van der Waals surface area contributed by atoms with Crippen molar-refractivity contribution in [1.82, 2.24) is 10.6 Å². The smallest absolute Gasteiger partial charge is 0.336 e. The molecule has 0 aliphatic carbocycles. The molecule has 2 N–H and O–H groups in total. The molecular weight excluding hydrogens is 581 g/mol. The average Bonchev–Trinajstić information content (AvgIpc) is 2.75. The molecule has 0 saturated carbocycles. The molecule has 2 amide bonds. The second-order valence-electron chi connectivity index (χ2n) is 9.40. The molecule has 0 heterocycles. The fourth-order valence-electron chi connectivity index (χ4n) is 3.19. The van der Waals surface area contributed by atoms with Gasteiger partial charge in [-0.15, -0.1) is 0 Å². The number of nitrogens with one attached hydrogen (secondary N) is 2. The van der Waals surface area contributed by atoms with Gasteiger partial charge in [0.2, 0.25) is 5.91 Å². The molecule has 2 atom stereocenters. The third-order valence-corrected chi connectivity index (χ3v) is 6.37. The first-order valence-electron chi connectivity index (χ1n) is 10.9. The van der Waals surface area contributed by atoms with E-state index in [0.717, 1.165) is 30.3 Å². The Bertz CT molecular complexity index is 1210. The Labute approximate surface area is 230 Å². The molecule has 0 fully saturated rings. The monoisotopic (exact) mass is 602 g/mol. The Morgan fingerprint density at radius 1 is 0.895 bits per heavy atom. The first-order chi connectivity index (χ1) is 17.2. The summed E-state index contributed by atoms with van der Waals surface area (Å²) >= 11 is 17.5. The van der Waals surface area contributed by atoms with Crippen LogP contribution in [0.5, 0.6) is 0 Å². The van der Waals surface area contributed by atoms with Crippen LogP contribution in [-0.4, -0.2) is 24.2 Å². The molecule has 2 rings (SSSR count). The molecular formula is C25H23Cl3F6N2O2. The summed E-state index contributed by atoms with van der Waals surface area (Å²) in [7, 11) is 0. The molecule has 208 valence electrons. The van der Waals surface area contributed by atoms with Gasteiger partial charge in [-0.3, -0.25) is 9.59 Å². The van der Waals surface area contributed by atoms with Crippen LogP contribution < -0.4 is 10.6 Å². The molecule has 0 aliphatic heterocycles. The van der Waals surface area contributed by atoms with E-state index in [1.54, 1.807) is 20.8 Å². The number of hydrogen-bond donors (Lipinski definition) is 2. The van der Waals surface area contributed by atoms with Gasteiger partial charge in [-0.1, -0.05) is 73.8 Å². The minimum Gasteiger partial charge on any atom is -0.336 e. The van der Waals surface area contributed by atoms with Crippen molar-refractivity contribution in [1.29, 1.82) is 0 Å². The number of carbonyl (C=O) groups excluding carboxylic acids is 2. The minimum atomic E-state index is -5.00. The van der Waals surface area contributed by atoms with Crippen molar-refractivity contribution < 1.29 is 35.9 Å². The molecule has 1 unspecified atom stereocenters. The predicted octanol–water partition coefficient (Wildman–Crippen LogP) is 8.26. The van der Waals surface area contributed by atoms with Gasteiger partial charge in [-0.05, 0) is 42.3 Å². The third-order valence-electron chi connectivity index (χ3n) is 5.17. The number of allylic oxidation sites excluding steroid dienone is 1. The van der Waals surface area contributed by atoms with E-state index < -0.39 is 52.8 Å². The third kappa shape index (κ3) is 8.28. The Balaban J connectivity index is 2.40. The topological polar surface area (TPSA) is 58.2 Å². The maximum atomic E-state index is 13.8. The highest BCUT2D eigenvalue weighted by Gasteiger charge is 2.40. The van der Waals surface area contributed by atoms with Gasteiger partial charge in [0, 0.05) is 5.41 Å². The molecule has 2 aromatic carbocycles. The summed E-state index contributed by atoms with van der Waals surface area (Å²) in [6.45, 7) is 6.22. The maximum absolute atomic E-state index is 13.8. The van der Waals surface area contributed by atoms with E-state index in [-0.39, 0.29) is 26.2 Å². The van der Waals surface area contributed by atoms with Crippen molar-refractivity contribution in [2.75, 3.05) is 0 Å². The van der Waals surface area contributed by atoms with Crippen LogP contribution in [0.3, 0.4) is 0 Å². The standard InChI is InChI=1S/C25H23Cl3F6N2O2/c1-12(36-22(38)23(2,3)4)35-21(37)15-7-5-13(9-17(15)25(32,33)34)6-8-16(24(29,30)31)14-10-18(26)20(28)19(27)11-14/h5-12,16H,1-4H3,(H,35,37)(H,36,38)/t12-,16?/m1/s1. The number of carbonyl (C=O) groups is 2. The van der Waals surface area contributed by atoms with Gasteiger partial charge in [-0.2, -0.15) is 26.3 Å². The summed E-state index contributed by atoms with van der Waals surface area (Å²) in [6, 6.07) is 4.39. The summed E-state index contributed by atoms with van der Waals surface area (Å²) < 4.78 is 82.6. The fraction of sp³-hybridized carbons (Fsp3) is 0.360. The van der Waals surface area contributed by atoms with Crippen LogP contribution in [-0.2, 0) is 11.0 Å². The van der Waals surface area contributed by atoms with Crippen molar-refractivity contribution in [2.45, 2.75) is 52.1 Å². The molecule has 4 nitrogen and oxygen atoms in total. The van der Waals surface area contributed by atoms with Crippen molar-refractivity contribution in [3.63, 3.8) is 0 Å². The summed E-state index contributed by atoms with van der Waals surface area (Å²) in [4.78, 5) is 24.6. The van der Waals surface area contributed by atoms with E-state index >= 15 is 0 Å². The molecule has 0 aliphatic rings. The summed E-state index contributed by atoms with van der Waals surface area (Å²) in [5, 5.41) is 4.15. The number of halogens is 9. The molecule has 13 heteroatoms. The zero-order valence-electron chi connectivity index (χ0n) is 20.4. The van der Waals surface area contributed by atoms with Gasteiger partial charge >= 0.3 is 12.4 Å². The highest BCUT2D eigenvalue weighted by Crippen LogP contribution is 2.41. The van der Waals surface area contributed by atoms with Gasteiger partial charge in [0.05, 0.1) is 38.3 Å². The van der Waals surface area contributed by atoms with Gasteiger partial charge in [0.15, 0.2) is 0 Å². The van der Waals surface area contributed by atoms with Crippen LogP contribution >= 0.6 is 34.8 Å². The maximum Gasteiger partial charge on any atom is 0.417 e. The molecule has 0 radical (unpaired) electrons. The van der Waals surface area contributed by atoms with Crippen molar-refractivity contribution in [3.05, 3.63) is 73.7 Å². The second-order valence-corrected chi connectivity index (χ2v) is 10.6. The first kappa shape index (κ1) is 31.8. The SMILES string of the molecule is C[C@H](NC(=O)c1ccc(C=CC(c2cc(Cl)c(Cl)c(Cl)c2)C(F)(F)F)cc1C(F)(F)F)NC(=O)C(C)(C)C. The molecule has 0 bridgehead atoms. The summed E-state index contributed by atoms with van der Waals surface area (Å²) in [5.41, 5.74) is -3.56. The molecule has 0 saturated heterocycles. The predicted molar refractivity (Wildman–Crippen MR) is 135 cm³/mol. The lowest BCUT2D eigenvalue weighted by molar-refractivity contribution is -0.139. The lowest BCUT2D eigenvalue weighted by Crippen LogP contribution is -2.49. The van der Waals surface area contributed by atoms with Crippen molar-refractivity contribution in [2.24, 2.45) is 5.41 Å². The van der Waals surface area contributed by atoms with Crippen LogP contribution in [0.25, 0.3) is 6.08 Å². The van der Waals surface area contributed by atoms with Crippen LogP contribution in [0, 0.1) is 5.41 Å². The normalized spacial score (nSPS) is 14.3. The zero-order valence-corrected chi connectivity index (χ0v) is 22.7. The first-order valence-corrected chi connectivity index (χ1v) is 12.1. The van der Waals surface area contributed by atoms with E-state index in [9.17, 15) is 35.9 Å². The minimum absolute atomic E-state index is 0.141. The zero-order chi connectivity index (χ0) is 29.2. The Morgan fingerprint density at radius 2 is 1.45 bits per heavy atom. The van der Waals surface area contributed by atoms with Gasteiger partial charge in [0.25, 0.3) is 5.91 Å². The lowest BCUT2D eigenvalue weighted by Gasteiger charge is -2.23. The molecule has 38 heavy (non-hydrogen) atoms. The fourth-order valence-corrected chi connectivity index (χ4v) is 3.81. The molecule has 2 aromatic rings. The van der Waals surface area contributed by atoms with E-state index in [1.807, 2.05) is 0 Å². The largest absolute Gasteiger partial charge is 0.417 e. The molecule has 0 aromatic heterocycles. The number of amides is 2. The van der Waals surface area contributed by atoms with Crippen molar-refractivity contribution >= 4 is 52.7 Å². The van der Waals surface area contributed by atoms with Crippen LogP contribution in [0.1, 0.15) is 60.7 Å². The van der Waals surface area contributed by atoms with Gasteiger partial charge in [-0.25, -0.2) is 0 Å².